The molecule has 0 radical (unpaired) electrons. The number of benzene rings is 2. The Morgan fingerprint density at radius 3 is 2.33 bits per heavy atom. The van der Waals surface area contributed by atoms with Crippen LogP contribution in [0.3, 0.4) is 0 Å². The van der Waals surface area contributed by atoms with E-state index in [0.29, 0.717) is 10.8 Å². The number of carbonyl (C=O) groups is 1. The lowest BCUT2D eigenvalue weighted by Crippen LogP contribution is -2.11. The topological polar surface area (TPSA) is 69.4 Å². The van der Waals surface area contributed by atoms with E-state index >= 15 is 0 Å². The molecule has 2 rings (SSSR count). The summed E-state index contributed by atoms with van der Waals surface area (Å²) in [6.45, 7) is 3.58. The zero-order chi connectivity index (χ0) is 15.6. The van der Waals surface area contributed by atoms with E-state index < -0.39 is 10.9 Å². The SMILES string of the molecule is Cc1cc(OC(=O)c2ccccc2[N+](=O)[O-])cc(C)c1Cl. The molecule has 0 aliphatic heterocycles. The van der Waals surface area contributed by atoms with Crippen molar-refractivity contribution in [3.05, 3.63) is 68.2 Å². The highest BCUT2D eigenvalue weighted by Gasteiger charge is 2.21. The van der Waals surface area contributed by atoms with Gasteiger partial charge in [0.1, 0.15) is 11.3 Å². The summed E-state index contributed by atoms with van der Waals surface area (Å²) in [5, 5.41) is 11.5. The molecular weight excluding hydrogens is 294 g/mol. The van der Waals surface area contributed by atoms with Gasteiger partial charge in [0.25, 0.3) is 5.69 Å². The van der Waals surface area contributed by atoms with Crippen LogP contribution in [0, 0.1) is 24.0 Å². The van der Waals surface area contributed by atoms with Crippen LogP contribution in [0.1, 0.15) is 21.5 Å². The largest absolute Gasteiger partial charge is 0.423 e. The minimum Gasteiger partial charge on any atom is -0.423 e. The lowest BCUT2D eigenvalue weighted by molar-refractivity contribution is -0.385. The fourth-order valence-corrected chi connectivity index (χ4v) is 2.04. The van der Waals surface area contributed by atoms with Crippen molar-refractivity contribution in [2.45, 2.75) is 13.8 Å². The molecule has 0 aliphatic rings. The molecule has 0 atom stereocenters. The average molecular weight is 306 g/mol. The number of rotatable bonds is 3. The van der Waals surface area contributed by atoms with E-state index in [0.717, 1.165) is 11.1 Å². The van der Waals surface area contributed by atoms with Crippen LogP contribution in [0.5, 0.6) is 5.75 Å². The summed E-state index contributed by atoms with van der Waals surface area (Å²) in [6.07, 6.45) is 0. The van der Waals surface area contributed by atoms with Gasteiger partial charge in [0.05, 0.1) is 4.92 Å². The van der Waals surface area contributed by atoms with E-state index in [1.54, 1.807) is 32.0 Å². The molecule has 0 aliphatic carbocycles. The van der Waals surface area contributed by atoms with Gasteiger partial charge in [-0.3, -0.25) is 10.1 Å². The van der Waals surface area contributed by atoms with Crippen molar-refractivity contribution in [2.75, 3.05) is 0 Å². The number of halogens is 1. The Labute approximate surface area is 126 Å². The molecule has 0 heterocycles. The van der Waals surface area contributed by atoms with Crippen molar-refractivity contribution in [1.82, 2.24) is 0 Å². The predicted octanol–water partition coefficient (Wildman–Crippen LogP) is 4.08. The number of esters is 1. The summed E-state index contributed by atoms with van der Waals surface area (Å²) in [5.74, 6) is -0.471. The lowest BCUT2D eigenvalue weighted by Gasteiger charge is -2.08. The molecule has 0 amide bonds. The van der Waals surface area contributed by atoms with Crippen molar-refractivity contribution >= 4 is 23.3 Å². The van der Waals surface area contributed by atoms with Crippen molar-refractivity contribution < 1.29 is 14.5 Å². The first-order valence-corrected chi connectivity index (χ1v) is 6.50. The van der Waals surface area contributed by atoms with Crippen LogP contribution in [-0.4, -0.2) is 10.9 Å². The maximum Gasteiger partial charge on any atom is 0.350 e. The second-order valence-corrected chi connectivity index (χ2v) is 4.91. The van der Waals surface area contributed by atoms with Crippen LogP contribution in [0.4, 0.5) is 5.69 Å². The number of aryl methyl sites for hydroxylation is 2. The molecule has 0 N–H and O–H groups in total. The van der Waals surface area contributed by atoms with E-state index in [9.17, 15) is 14.9 Å². The normalized spacial score (nSPS) is 10.2. The minimum atomic E-state index is -0.775. The number of nitro groups is 1. The van der Waals surface area contributed by atoms with Gasteiger partial charge in [-0.1, -0.05) is 23.7 Å². The van der Waals surface area contributed by atoms with Gasteiger partial charge in [0.2, 0.25) is 0 Å². The molecular formula is C15H12ClNO4. The van der Waals surface area contributed by atoms with Crippen LogP contribution in [0.25, 0.3) is 0 Å². The van der Waals surface area contributed by atoms with Gasteiger partial charge in [-0.15, -0.1) is 0 Å². The highest BCUT2D eigenvalue weighted by Crippen LogP contribution is 2.27. The number of carbonyl (C=O) groups excluding carboxylic acids is 1. The number of nitrogens with zero attached hydrogens (tertiary/aromatic N) is 1. The molecule has 0 aromatic heterocycles. The van der Waals surface area contributed by atoms with Crippen molar-refractivity contribution in [1.29, 1.82) is 0 Å². The summed E-state index contributed by atoms with van der Waals surface area (Å²) >= 11 is 6.04. The number of nitro benzene ring substituents is 1. The van der Waals surface area contributed by atoms with Crippen LogP contribution in [0.2, 0.25) is 5.02 Å². The molecule has 0 spiro atoms. The lowest BCUT2D eigenvalue weighted by atomic mass is 10.1. The van der Waals surface area contributed by atoms with Crippen molar-refractivity contribution in [2.24, 2.45) is 0 Å². The molecule has 0 bridgehead atoms. The second-order valence-electron chi connectivity index (χ2n) is 4.53. The highest BCUT2D eigenvalue weighted by molar-refractivity contribution is 6.32. The Morgan fingerprint density at radius 2 is 1.76 bits per heavy atom. The van der Waals surface area contributed by atoms with Crippen molar-refractivity contribution in [3.63, 3.8) is 0 Å². The number of hydrogen-bond acceptors (Lipinski definition) is 4. The molecule has 0 saturated carbocycles. The first kappa shape index (κ1) is 15.0. The molecule has 2 aromatic rings. The number of hydrogen-bond donors (Lipinski definition) is 0. The Kier molecular flexibility index (Phi) is 4.23. The van der Waals surface area contributed by atoms with Gasteiger partial charge in [-0.2, -0.15) is 0 Å². The Balaban J connectivity index is 2.33. The monoisotopic (exact) mass is 305 g/mol. The molecule has 0 fully saturated rings. The second kappa shape index (κ2) is 5.93. The molecule has 0 saturated heterocycles. The van der Waals surface area contributed by atoms with Gasteiger partial charge < -0.3 is 4.74 Å². The third kappa shape index (κ3) is 3.20. The number of para-hydroxylation sites is 1. The van der Waals surface area contributed by atoms with Crippen LogP contribution < -0.4 is 4.74 Å². The Bertz CT molecular complexity index is 704. The van der Waals surface area contributed by atoms with Gasteiger partial charge in [0, 0.05) is 11.1 Å². The molecule has 21 heavy (non-hydrogen) atoms. The van der Waals surface area contributed by atoms with Crippen LogP contribution in [0.15, 0.2) is 36.4 Å². The van der Waals surface area contributed by atoms with E-state index in [2.05, 4.69) is 0 Å². The summed E-state index contributed by atoms with van der Waals surface area (Å²) < 4.78 is 5.21. The summed E-state index contributed by atoms with van der Waals surface area (Å²) in [4.78, 5) is 22.4. The Hall–Kier alpha value is -2.40. The summed E-state index contributed by atoms with van der Waals surface area (Å²) in [6, 6.07) is 8.88. The first-order chi connectivity index (χ1) is 9.90. The van der Waals surface area contributed by atoms with Crippen LogP contribution >= 0.6 is 11.6 Å². The molecule has 5 nitrogen and oxygen atoms in total. The van der Waals surface area contributed by atoms with E-state index in [1.165, 1.54) is 18.2 Å². The third-order valence-electron chi connectivity index (χ3n) is 2.94. The zero-order valence-electron chi connectivity index (χ0n) is 11.4. The fourth-order valence-electron chi connectivity index (χ4n) is 1.93. The third-order valence-corrected chi connectivity index (χ3v) is 3.54. The predicted molar refractivity (Wildman–Crippen MR) is 79.0 cm³/mol. The highest BCUT2D eigenvalue weighted by atomic mass is 35.5. The maximum atomic E-state index is 12.1. The average Bonchev–Trinajstić information content (AvgIpc) is 2.44. The Morgan fingerprint density at radius 1 is 1.19 bits per heavy atom. The van der Waals surface area contributed by atoms with Gasteiger partial charge in [0.15, 0.2) is 0 Å². The van der Waals surface area contributed by atoms with Crippen LogP contribution in [-0.2, 0) is 0 Å². The standard InChI is InChI=1S/C15H12ClNO4/c1-9-7-11(8-10(2)14(9)16)21-15(18)12-5-3-4-6-13(12)17(19)20/h3-8H,1-2H3. The molecule has 2 aromatic carbocycles. The minimum absolute atomic E-state index is 0.0900. The quantitative estimate of drug-likeness (QED) is 0.371. The van der Waals surface area contributed by atoms with Gasteiger partial charge in [-0.25, -0.2) is 4.79 Å². The maximum absolute atomic E-state index is 12.1. The number of ether oxygens (including phenoxy) is 1. The molecule has 0 unspecified atom stereocenters. The van der Waals surface area contributed by atoms with Gasteiger partial charge in [-0.05, 0) is 43.2 Å². The van der Waals surface area contributed by atoms with Gasteiger partial charge >= 0.3 is 5.97 Å². The fraction of sp³-hybridized carbons (Fsp3) is 0.133. The zero-order valence-corrected chi connectivity index (χ0v) is 12.2. The van der Waals surface area contributed by atoms with Crippen molar-refractivity contribution in [3.8, 4) is 5.75 Å². The van der Waals surface area contributed by atoms with E-state index in [4.69, 9.17) is 16.3 Å². The smallest absolute Gasteiger partial charge is 0.350 e. The summed E-state index contributed by atoms with van der Waals surface area (Å²) in [5.41, 5.74) is 1.15. The molecule has 108 valence electrons. The van der Waals surface area contributed by atoms with E-state index in [1.807, 2.05) is 0 Å². The van der Waals surface area contributed by atoms with E-state index in [-0.39, 0.29) is 11.3 Å². The molecule has 6 heteroatoms. The summed E-state index contributed by atoms with van der Waals surface area (Å²) in [7, 11) is 0. The first-order valence-electron chi connectivity index (χ1n) is 6.12.